The van der Waals surface area contributed by atoms with E-state index in [9.17, 15) is 0 Å². The molecule has 0 aliphatic rings. The number of aromatic nitrogens is 2. The van der Waals surface area contributed by atoms with E-state index in [0.717, 1.165) is 21.6 Å². The molecular weight excluding hydrogens is 172 g/mol. The van der Waals surface area contributed by atoms with E-state index < -0.39 is 0 Å². The zero-order valence-corrected chi connectivity index (χ0v) is 8.12. The van der Waals surface area contributed by atoms with Gasteiger partial charge < -0.3 is 4.98 Å². The third-order valence-electron chi connectivity index (χ3n) is 2.21. The molecular formula is C12H12N2. The molecule has 2 aromatic rings. The smallest absolute Gasteiger partial charge is 0.138 e. The molecule has 0 spiro atoms. The first kappa shape index (κ1) is 8.75. The van der Waals surface area contributed by atoms with E-state index in [1.54, 1.807) is 12.3 Å². The first-order valence-corrected chi connectivity index (χ1v) is 4.58. The topological polar surface area (TPSA) is 28.7 Å². The molecule has 0 aliphatic heterocycles. The maximum Gasteiger partial charge on any atom is 0.138 e. The Balaban J connectivity index is 3.04. The van der Waals surface area contributed by atoms with Gasteiger partial charge in [-0.05, 0) is 19.1 Å². The Kier molecular flexibility index (Phi) is 2.19. The fraction of sp³-hybridized carbons (Fsp3) is 0.0833. The van der Waals surface area contributed by atoms with Crippen LogP contribution in [0.15, 0.2) is 31.0 Å². The number of fused-ring (bicyclic) bond motifs is 1. The van der Waals surface area contributed by atoms with Gasteiger partial charge in [-0.3, -0.25) is 0 Å². The van der Waals surface area contributed by atoms with E-state index in [1.165, 1.54) is 0 Å². The number of nitrogens with zero attached hydrogens (tertiary/aromatic N) is 1. The van der Waals surface area contributed by atoms with Crippen molar-refractivity contribution in [2.75, 3.05) is 0 Å². The number of pyridine rings is 1. The van der Waals surface area contributed by atoms with E-state index in [1.807, 2.05) is 25.1 Å². The molecule has 0 saturated carbocycles. The maximum absolute atomic E-state index is 4.26. The number of aromatic amines is 1. The average molecular weight is 184 g/mol. The lowest BCUT2D eigenvalue weighted by molar-refractivity contribution is 1.28. The van der Waals surface area contributed by atoms with Crippen LogP contribution in [-0.4, -0.2) is 9.97 Å². The van der Waals surface area contributed by atoms with Gasteiger partial charge in [-0.15, -0.1) is 0 Å². The predicted octanol–water partition coefficient (Wildman–Crippen LogP) is 1.33. The Labute approximate surface area is 82.3 Å². The van der Waals surface area contributed by atoms with Crippen LogP contribution in [0.4, 0.5) is 0 Å². The molecule has 2 heteroatoms. The van der Waals surface area contributed by atoms with Gasteiger partial charge in [-0.25, -0.2) is 4.98 Å². The van der Waals surface area contributed by atoms with Crippen LogP contribution in [-0.2, 0) is 0 Å². The Hall–Kier alpha value is -1.83. The number of nitrogens with one attached hydrogen (secondary N) is 1. The standard InChI is InChI=1S/C12H12N2/c1-3-6-9-10-7-5-8-13-12(10)14-11(9)4-2/h3-8H,1H2,2H3,(H,13,14)/b9-6-,11-4+. The van der Waals surface area contributed by atoms with Crippen molar-refractivity contribution in [1.29, 1.82) is 0 Å². The Morgan fingerprint density at radius 1 is 1.50 bits per heavy atom. The fourth-order valence-corrected chi connectivity index (χ4v) is 1.59. The summed E-state index contributed by atoms with van der Waals surface area (Å²) in [4.78, 5) is 7.52. The summed E-state index contributed by atoms with van der Waals surface area (Å²) in [5.74, 6) is 0. The van der Waals surface area contributed by atoms with Crippen molar-refractivity contribution in [2.45, 2.75) is 6.92 Å². The predicted molar refractivity (Wildman–Crippen MR) is 60.1 cm³/mol. The molecule has 0 amide bonds. The Morgan fingerprint density at radius 3 is 3.07 bits per heavy atom. The quantitative estimate of drug-likeness (QED) is 0.711. The molecule has 0 aromatic carbocycles. The Bertz CT molecular complexity index is 576. The van der Waals surface area contributed by atoms with Crippen molar-refractivity contribution in [3.63, 3.8) is 0 Å². The van der Waals surface area contributed by atoms with Gasteiger partial charge in [0, 0.05) is 22.2 Å². The minimum Gasteiger partial charge on any atom is -0.339 e. The molecule has 0 saturated heterocycles. The van der Waals surface area contributed by atoms with E-state index in [2.05, 4.69) is 22.6 Å². The lowest BCUT2D eigenvalue weighted by Crippen LogP contribution is -2.21. The third kappa shape index (κ3) is 1.25. The summed E-state index contributed by atoms with van der Waals surface area (Å²) < 4.78 is 0. The van der Waals surface area contributed by atoms with Gasteiger partial charge in [-0.1, -0.05) is 24.8 Å². The number of H-pyrrole nitrogens is 1. The van der Waals surface area contributed by atoms with Crippen molar-refractivity contribution in [3.05, 3.63) is 41.6 Å². The summed E-state index contributed by atoms with van der Waals surface area (Å²) in [7, 11) is 0. The van der Waals surface area contributed by atoms with Gasteiger partial charge in [-0.2, -0.15) is 0 Å². The number of hydrogen-bond acceptors (Lipinski definition) is 1. The van der Waals surface area contributed by atoms with Crippen LogP contribution in [0.25, 0.3) is 23.2 Å². The van der Waals surface area contributed by atoms with Gasteiger partial charge >= 0.3 is 0 Å². The lowest BCUT2D eigenvalue weighted by Gasteiger charge is -1.84. The average Bonchev–Trinajstić information content (AvgIpc) is 2.58. The van der Waals surface area contributed by atoms with Gasteiger partial charge in [0.2, 0.25) is 0 Å². The normalized spacial score (nSPS) is 13.8. The number of hydrogen-bond donors (Lipinski definition) is 1. The van der Waals surface area contributed by atoms with Crippen LogP contribution in [0.1, 0.15) is 6.92 Å². The molecule has 0 aliphatic carbocycles. The molecule has 14 heavy (non-hydrogen) atoms. The zero-order valence-electron chi connectivity index (χ0n) is 8.12. The summed E-state index contributed by atoms with van der Waals surface area (Å²) >= 11 is 0. The minimum absolute atomic E-state index is 0.925. The van der Waals surface area contributed by atoms with Crippen molar-refractivity contribution in [1.82, 2.24) is 9.97 Å². The van der Waals surface area contributed by atoms with Crippen LogP contribution in [0.2, 0.25) is 0 Å². The fourth-order valence-electron chi connectivity index (χ4n) is 1.59. The van der Waals surface area contributed by atoms with Crippen molar-refractivity contribution in [3.8, 4) is 0 Å². The monoisotopic (exact) mass is 184 g/mol. The van der Waals surface area contributed by atoms with Gasteiger partial charge in [0.1, 0.15) is 5.65 Å². The number of rotatable bonds is 1. The van der Waals surface area contributed by atoms with Gasteiger partial charge in [0.25, 0.3) is 0 Å². The second-order valence-corrected chi connectivity index (χ2v) is 3.04. The molecule has 70 valence electrons. The first-order chi connectivity index (χ1) is 6.86. The second-order valence-electron chi connectivity index (χ2n) is 3.04. The molecule has 2 nitrogen and oxygen atoms in total. The van der Waals surface area contributed by atoms with Crippen LogP contribution in [0.3, 0.4) is 0 Å². The molecule has 0 radical (unpaired) electrons. The lowest BCUT2D eigenvalue weighted by atomic mass is 10.2. The highest BCUT2D eigenvalue weighted by Gasteiger charge is 1.97. The van der Waals surface area contributed by atoms with Crippen LogP contribution >= 0.6 is 0 Å². The Morgan fingerprint density at radius 2 is 2.36 bits per heavy atom. The number of allylic oxidation sites excluding steroid dienone is 1. The van der Waals surface area contributed by atoms with E-state index in [4.69, 9.17) is 0 Å². The largest absolute Gasteiger partial charge is 0.339 e. The molecule has 2 rings (SSSR count). The minimum atomic E-state index is 0.925. The van der Waals surface area contributed by atoms with Crippen molar-refractivity contribution >= 4 is 23.2 Å². The molecule has 0 bridgehead atoms. The molecule has 0 atom stereocenters. The summed E-state index contributed by atoms with van der Waals surface area (Å²) in [5.41, 5.74) is 0.925. The maximum atomic E-state index is 4.26. The molecule has 2 aromatic heterocycles. The highest BCUT2D eigenvalue weighted by Crippen LogP contribution is 1.99. The summed E-state index contributed by atoms with van der Waals surface area (Å²) in [5, 5.41) is 3.39. The summed E-state index contributed by atoms with van der Waals surface area (Å²) in [6.07, 6.45) is 7.62. The SMILES string of the molecule is C=C/C=c1\c(=C/C)[nH]c2ncccc12. The summed E-state index contributed by atoms with van der Waals surface area (Å²) in [6, 6.07) is 4.00. The third-order valence-corrected chi connectivity index (χ3v) is 2.21. The second kappa shape index (κ2) is 3.50. The van der Waals surface area contributed by atoms with Crippen LogP contribution < -0.4 is 10.6 Å². The van der Waals surface area contributed by atoms with Crippen LogP contribution in [0, 0.1) is 0 Å². The van der Waals surface area contributed by atoms with E-state index >= 15 is 0 Å². The van der Waals surface area contributed by atoms with E-state index in [-0.39, 0.29) is 0 Å². The highest BCUT2D eigenvalue weighted by molar-refractivity contribution is 5.77. The van der Waals surface area contributed by atoms with Crippen molar-refractivity contribution < 1.29 is 0 Å². The van der Waals surface area contributed by atoms with Gasteiger partial charge in [0.05, 0.1) is 0 Å². The zero-order chi connectivity index (χ0) is 9.97. The van der Waals surface area contributed by atoms with Gasteiger partial charge in [0.15, 0.2) is 0 Å². The molecule has 2 heterocycles. The highest BCUT2D eigenvalue weighted by atomic mass is 14.8. The molecule has 0 fully saturated rings. The summed E-state index contributed by atoms with van der Waals surface area (Å²) in [6.45, 7) is 5.72. The van der Waals surface area contributed by atoms with Crippen LogP contribution in [0.5, 0.6) is 0 Å². The van der Waals surface area contributed by atoms with Crippen molar-refractivity contribution in [2.24, 2.45) is 0 Å². The van der Waals surface area contributed by atoms with E-state index in [0.29, 0.717) is 0 Å². The molecule has 1 N–H and O–H groups in total. The molecule has 0 unspecified atom stereocenters. The first-order valence-electron chi connectivity index (χ1n) is 4.58.